The summed E-state index contributed by atoms with van der Waals surface area (Å²) < 4.78 is 5.83. The lowest BCUT2D eigenvalue weighted by Gasteiger charge is -2.19. The fourth-order valence-corrected chi connectivity index (χ4v) is 3.32. The van der Waals surface area contributed by atoms with Crippen molar-refractivity contribution in [3.05, 3.63) is 4.88 Å². The molecule has 4 nitrogen and oxygen atoms in total. The standard InChI is InChI=1S/C14H21N3OS/c1-8(2)18-13-12(16)11(5-15)19-14(13)17-6-9(3)10(4)7-17/h8-10H,6-7,16H2,1-4H3. The van der Waals surface area contributed by atoms with Crippen molar-refractivity contribution in [2.75, 3.05) is 23.7 Å². The number of nitrogen functional groups attached to an aromatic ring is 1. The number of thiophene rings is 1. The molecule has 0 saturated carbocycles. The van der Waals surface area contributed by atoms with E-state index in [2.05, 4.69) is 24.8 Å². The van der Waals surface area contributed by atoms with Crippen molar-refractivity contribution in [1.29, 1.82) is 5.26 Å². The average Bonchev–Trinajstić information content (AvgIpc) is 2.82. The number of ether oxygens (including phenoxy) is 1. The van der Waals surface area contributed by atoms with Gasteiger partial charge in [0.05, 0.1) is 6.10 Å². The largest absolute Gasteiger partial charge is 0.486 e. The first-order valence-electron chi connectivity index (χ1n) is 6.68. The van der Waals surface area contributed by atoms with E-state index in [4.69, 9.17) is 15.7 Å². The summed E-state index contributed by atoms with van der Waals surface area (Å²) in [5.74, 6) is 2.00. The quantitative estimate of drug-likeness (QED) is 0.923. The van der Waals surface area contributed by atoms with E-state index in [1.54, 1.807) is 0 Å². The van der Waals surface area contributed by atoms with Crippen LogP contribution in [0.5, 0.6) is 5.75 Å². The molecular formula is C14H21N3OS. The lowest BCUT2D eigenvalue weighted by Crippen LogP contribution is -2.20. The Balaban J connectivity index is 2.37. The minimum Gasteiger partial charge on any atom is -0.486 e. The van der Waals surface area contributed by atoms with E-state index in [9.17, 15) is 0 Å². The molecule has 1 aromatic heterocycles. The summed E-state index contributed by atoms with van der Waals surface area (Å²) >= 11 is 1.44. The molecule has 2 N–H and O–H groups in total. The lowest BCUT2D eigenvalue weighted by molar-refractivity contribution is 0.245. The maximum Gasteiger partial charge on any atom is 0.178 e. The predicted octanol–water partition coefficient (Wildman–Crippen LogP) is 3.08. The summed E-state index contributed by atoms with van der Waals surface area (Å²) in [6.07, 6.45) is 0.0552. The van der Waals surface area contributed by atoms with Crippen LogP contribution in [0.3, 0.4) is 0 Å². The Morgan fingerprint density at radius 3 is 2.42 bits per heavy atom. The van der Waals surface area contributed by atoms with Gasteiger partial charge >= 0.3 is 0 Å². The van der Waals surface area contributed by atoms with E-state index in [1.807, 2.05) is 13.8 Å². The Morgan fingerprint density at radius 1 is 1.37 bits per heavy atom. The molecule has 0 aromatic carbocycles. The maximum atomic E-state index is 9.14. The average molecular weight is 279 g/mol. The van der Waals surface area contributed by atoms with Crippen LogP contribution >= 0.6 is 11.3 Å². The van der Waals surface area contributed by atoms with Crippen LogP contribution in [0.4, 0.5) is 10.7 Å². The van der Waals surface area contributed by atoms with Gasteiger partial charge in [-0.2, -0.15) is 5.26 Å². The minimum atomic E-state index is 0.0552. The molecule has 2 unspecified atom stereocenters. The van der Waals surface area contributed by atoms with Crippen molar-refractivity contribution in [3.8, 4) is 11.8 Å². The molecule has 2 heterocycles. The molecule has 2 atom stereocenters. The zero-order chi connectivity index (χ0) is 14.2. The number of nitriles is 1. The minimum absolute atomic E-state index is 0.0552. The van der Waals surface area contributed by atoms with E-state index in [-0.39, 0.29) is 6.10 Å². The topological polar surface area (TPSA) is 62.3 Å². The summed E-state index contributed by atoms with van der Waals surface area (Å²) in [6, 6.07) is 2.16. The molecule has 1 aromatic rings. The van der Waals surface area contributed by atoms with Crippen LogP contribution in [-0.4, -0.2) is 19.2 Å². The third kappa shape index (κ3) is 2.64. The Morgan fingerprint density at radius 2 is 1.95 bits per heavy atom. The molecule has 5 heteroatoms. The second kappa shape index (κ2) is 5.30. The molecule has 0 amide bonds. The summed E-state index contributed by atoms with van der Waals surface area (Å²) in [7, 11) is 0. The van der Waals surface area contributed by atoms with Gasteiger partial charge in [-0.25, -0.2) is 0 Å². The Hall–Kier alpha value is -1.41. The van der Waals surface area contributed by atoms with Gasteiger partial charge in [-0.05, 0) is 25.7 Å². The molecule has 19 heavy (non-hydrogen) atoms. The SMILES string of the molecule is CC(C)Oc1c(N2CC(C)C(C)C2)sc(C#N)c1N. The fraction of sp³-hybridized carbons (Fsp3) is 0.643. The smallest absolute Gasteiger partial charge is 0.178 e. The highest BCUT2D eigenvalue weighted by atomic mass is 32.1. The van der Waals surface area contributed by atoms with Gasteiger partial charge in [-0.1, -0.05) is 13.8 Å². The molecular weight excluding hydrogens is 258 g/mol. The Bertz CT molecular complexity index is 494. The van der Waals surface area contributed by atoms with Gasteiger partial charge in [0.15, 0.2) is 5.75 Å². The molecule has 0 spiro atoms. The van der Waals surface area contributed by atoms with Crippen molar-refractivity contribution < 1.29 is 4.74 Å². The van der Waals surface area contributed by atoms with Crippen molar-refractivity contribution >= 4 is 22.0 Å². The van der Waals surface area contributed by atoms with Crippen LogP contribution in [-0.2, 0) is 0 Å². The summed E-state index contributed by atoms with van der Waals surface area (Å²) in [5, 5.41) is 10.2. The van der Waals surface area contributed by atoms with Crippen molar-refractivity contribution in [2.24, 2.45) is 11.8 Å². The first-order chi connectivity index (χ1) is 8.93. The Labute approximate surface area is 118 Å². The monoisotopic (exact) mass is 279 g/mol. The maximum absolute atomic E-state index is 9.14. The molecule has 1 fully saturated rings. The predicted molar refractivity (Wildman–Crippen MR) is 79.8 cm³/mol. The highest BCUT2D eigenvalue weighted by molar-refractivity contribution is 7.17. The highest BCUT2D eigenvalue weighted by Gasteiger charge is 2.31. The summed E-state index contributed by atoms with van der Waals surface area (Å²) in [4.78, 5) is 2.85. The molecule has 1 aliphatic rings. The number of anilines is 2. The fourth-order valence-electron chi connectivity index (χ4n) is 2.35. The number of nitrogens with two attached hydrogens (primary N) is 1. The molecule has 1 saturated heterocycles. The number of hydrogen-bond donors (Lipinski definition) is 1. The number of hydrogen-bond acceptors (Lipinski definition) is 5. The van der Waals surface area contributed by atoms with Crippen molar-refractivity contribution in [2.45, 2.75) is 33.8 Å². The zero-order valence-electron chi connectivity index (χ0n) is 11.9. The van der Waals surface area contributed by atoms with Gasteiger partial charge in [-0.3, -0.25) is 0 Å². The second-order valence-electron chi connectivity index (χ2n) is 5.62. The van der Waals surface area contributed by atoms with Crippen LogP contribution in [0, 0.1) is 23.2 Å². The highest BCUT2D eigenvalue weighted by Crippen LogP contribution is 2.47. The molecule has 0 aliphatic carbocycles. The van der Waals surface area contributed by atoms with E-state index in [0.717, 1.165) is 18.1 Å². The van der Waals surface area contributed by atoms with Gasteiger partial charge in [0.1, 0.15) is 21.6 Å². The third-order valence-corrected chi connectivity index (χ3v) is 4.76. The molecule has 0 radical (unpaired) electrons. The Kier molecular flexibility index (Phi) is 3.91. The van der Waals surface area contributed by atoms with Gasteiger partial charge in [0.2, 0.25) is 0 Å². The third-order valence-electron chi connectivity index (χ3n) is 3.61. The van der Waals surface area contributed by atoms with Gasteiger partial charge < -0.3 is 15.4 Å². The van der Waals surface area contributed by atoms with Gasteiger partial charge in [0, 0.05) is 13.1 Å². The summed E-state index contributed by atoms with van der Waals surface area (Å²) in [5.41, 5.74) is 6.53. The van der Waals surface area contributed by atoms with Crippen LogP contribution in [0.15, 0.2) is 0 Å². The summed E-state index contributed by atoms with van der Waals surface area (Å²) in [6.45, 7) is 10.5. The van der Waals surface area contributed by atoms with Crippen molar-refractivity contribution in [1.82, 2.24) is 0 Å². The lowest BCUT2D eigenvalue weighted by atomic mass is 10.0. The van der Waals surface area contributed by atoms with Crippen LogP contribution in [0.2, 0.25) is 0 Å². The number of rotatable bonds is 3. The zero-order valence-corrected chi connectivity index (χ0v) is 12.8. The van der Waals surface area contributed by atoms with E-state index in [0.29, 0.717) is 28.1 Å². The molecule has 104 valence electrons. The van der Waals surface area contributed by atoms with E-state index in [1.165, 1.54) is 11.3 Å². The number of nitrogens with zero attached hydrogens (tertiary/aromatic N) is 2. The van der Waals surface area contributed by atoms with E-state index < -0.39 is 0 Å². The first kappa shape index (κ1) is 14.0. The van der Waals surface area contributed by atoms with Gasteiger partial charge in [0.25, 0.3) is 0 Å². The second-order valence-corrected chi connectivity index (χ2v) is 6.62. The van der Waals surface area contributed by atoms with Crippen LogP contribution < -0.4 is 15.4 Å². The van der Waals surface area contributed by atoms with E-state index >= 15 is 0 Å². The van der Waals surface area contributed by atoms with Crippen LogP contribution in [0.1, 0.15) is 32.6 Å². The van der Waals surface area contributed by atoms with Gasteiger partial charge in [-0.15, -0.1) is 11.3 Å². The molecule has 2 rings (SSSR count). The van der Waals surface area contributed by atoms with Crippen LogP contribution in [0.25, 0.3) is 0 Å². The normalized spacial score (nSPS) is 22.8. The first-order valence-corrected chi connectivity index (χ1v) is 7.49. The molecule has 1 aliphatic heterocycles. The molecule has 0 bridgehead atoms. The van der Waals surface area contributed by atoms with Crippen molar-refractivity contribution in [3.63, 3.8) is 0 Å².